The molecule has 0 bridgehead atoms. The molecule has 3 rings (SSSR count). The number of ether oxygens (including phenoxy) is 2. The molecule has 0 saturated carbocycles. The number of aromatic carboxylic acids is 1. The SMILES string of the molecule is COCCCc1cnc(-c2cc(F)c(OC)c(F)c2)c(-c2ccc(C(=O)O)c(F)c2)n1. The highest BCUT2D eigenvalue weighted by atomic mass is 19.1. The number of halogens is 3. The summed E-state index contributed by atoms with van der Waals surface area (Å²) in [5.41, 5.74) is 0.622. The van der Waals surface area contributed by atoms with Crippen LogP contribution in [0.3, 0.4) is 0 Å². The molecule has 0 aliphatic heterocycles. The number of carbonyl (C=O) groups is 1. The number of carboxylic acid groups (broad SMARTS) is 1. The molecule has 31 heavy (non-hydrogen) atoms. The second-order valence-corrected chi connectivity index (χ2v) is 6.63. The maximum absolute atomic E-state index is 14.3. The molecular formula is C22H19F3N2O4. The fourth-order valence-electron chi connectivity index (χ4n) is 3.08. The molecule has 0 radical (unpaired) electrons. The molecule has 3 aromatic rings. The Bertz CT molecular complexity index is 1100. The van der Waals surface area contributed by atoms with Gasteiger partial charge in [0.15, 0.2) is 17.4 Å². The quantitative estimate of drug-likeness (QED) is 0.528. The van der Waals surface area contributed by atoms with Gasteiger partial charge in [-0.3, -0.25) is 4.98 Å². The van der Waals surface area contributed by atoms with Crippen molar-refractivity contribution in [2.24, 2.45) is 0 Å². The first-order chi connectivity index (χ1) is 14.8. The molecule has 1 heterocycles. The van der Waals surface area contributed by atoms with Crippen molar-refractivity contribution in [3.63, 3.8) is 0 Å². The van der Waals surface area contributed by atoms with Crippen LogP contribution in [0.2, 0.25) is 0 Å². The van der Waals surface area contributed by atoms with Crippen LogP contribution < -0.4 is 4.74 Å². The number of carboxylic acids is 1. The number of hydrogen-bond donors (Lipinski definition) is 1. The van der Waals surface area contributed by atoms with Crippen LogP contribution in [-0.2, 0) is 11.2 Å². The van der Waals surface area contributed by atoms with Crippen molar-refractivity contribution in [2.45, 2.75) is 12.8 Å². The Kier molecular flexibility index (Phi) is 6.86. The van der Waals surface area contributed by atoms with Crippen molar-refractivity contribution in [3.8, 4) is 28.3 Å². The molecule has 0 saturated heterocycles. The van der Waals surface area contributed by atoms with Gasteiger partial charge in [-0.25, -0.2) is 22.9 Å². The third kappa shape index (κ3) is 4.83. The van der Waals surface area contributed by atoms with Crippen LogP contribution in [0.5, 0.6) is 5.75 Å². The zero-order chi connectivity index (χ0) is 22.5. The number of rotatable bonds is 8. The van der Waals surface area contributed by atoms with Crippen LogP contribution in [-0.4, -0.2) is 41.9 Å². The van der Waals surface area contributed by atoms with Gasteiger partial charge in [-0.15, -0.1) is 0 Å². The number of aromatic nitrogens is 2. The zero-order valence-electron chi connectivity index (χ0n) is 16.8. The molecule has 2 aromatic carbocycles. The summed E-state index contributed by atoms with van der Waals surface area (Å²) in [5, 5.41) is 9.06. The number of hydrogen-bond acceptors (Lipinski definition) is 5. The lowest BCUT2D eigenvalue weighted by atomic mass is 10.0. The van der Waals surface area contributed by atoms with E-state index in [1.807, 2.05) is 0 Å². The first-order valence-electron chi connectivity index (χ1n) is 9.27. The topological polar surface area (TPSA) is 81.5 Å². The Labute approximate surface area is 176 Å². The predicted molar refractivity (Wildman–Crippen MR) is 106 cm³/mol. The maximum atomic E-state index is 14.3. The second-order valence-electron chi connectivity index (χ2n) is 6.63. The molecule has 6 nitrogen and oxygen atoms in total. The first-order valence-corrected chi connectivity index (χ1v) is 9.27. The fourth-order valence-corrected chi connectivity index (χ4v) is 3.08. The number of aryl methyl sites for hydroxylation is 1. The van der Waals surface area contributed by atoms with Crippen molar-refractivity contribution in [1.29, 1.82) is 0 Å². The van der Waals surface area contributed by atoms with E-state index >= 15 is 0 Å². The minimum Gasteiger partial charge on any atom is -0.491 e. The highest BCUT2D eigenvalue weighted by Crippen LogP contribution is 2.33. The molecule has 1 aromatic heterocycles. The Morgan fingerprint density at radius 3 is 2.26 bits per heavy atom. The molecule has 0 spiro atoms. The Morgan fingerprint density at radius 1 is 1.00 bits per heavy atom. The van der Waals surface area contributed by atoms with E-state index in [9.17, 15) is 18.0 Å². The third-order valence-electron chi connectivity index (χ3n) is 4.55. The summed E-state index contributed by atoms with van der Waals surface area (Å²) in [6.07, 6.45) is 2.63. The van der Waals surface area contributed by atoms with E-state index in [-0.39, 0.29) is 22.5 Å². The van der Waals surface area contributed by atoms with Gasteiger partial charge < -0.3 is 14.6 Å². The summed E-state index contributed by atoms with van der Waals surface area (Å²) < 4.78 is 52.6. The number of benzene rings is 2. The van der Waals surface area contributed by atoms with Crippen LogP contribution in [0.25, 0.3) is 22.5 Å². The van der Waals surface area contributed by atoms with E-state index < -0.39 is 34.7 Å². The standard InChI is InChI=1S/C22H19F3N2O4/c1-30-7-3-4-14-11-26-19(13-9-17(24)21(31-2)18(25)10-13)20(27-14)12-5-6-15(22(28)29)16(23)8-12/h5-6,8-11H,3-4,7H2,1-2H3,(H,28,29). The van der Waals surface area contributed by atoms with E-state index in [0.717, 1.165) is 31.4 Å². The normalized spacial score (nSPS) is 10.9. The van der Waals surface area contributed by atoms with Gasteiger partial charge in [0.1, 0.15) is 5.82 Å². The monoisotopic (exact) mass is 432 g/mol. The van der Waals surface area contributed by atoms with Gasteiger partial charge in [0.2, 0.25) is 0 Å². The van der Waals surface area contributed by atoms with Crippen LogP contribution >= 0.6 is 0 Å². The van der Waals surface area contributed by atoms with Gasteiger partial charge >= 0.3 is 5.97 Å². The molecule has 0 amide bonds. The zero-order valence-corrected chi connectivity index (χ0v) is 16.8. The molecule has 9 heteroatoms. The van der Waals surface area contributed by atoms with Crippen molar-refractivity contribution in [3.05, 3.63) is 65.2 Å². The Morgan fingerprint density at radius 2 is 1.68 bits per heavy atom. The first kappa shape index (κ1) is 22.2. The molecule has 1 N–H and O–H groups in total. The predicted octanol–water partition coefficient (Wildman–Crippen LogP) is 4.51. The molecule has 0 unspecified atom stereocenters. The summed E-state index contributed by atoms with van der Waals surface area (Å²) in [6.45, 7) is 0.496. The summed E-state index contributed by atoms with van der Waals surface area (Å²) in [5.74, 6) is -4.77. The fraction of sp³-hybridized carbons (Fsp3) is 0.227. The Balaban J connectivity index is 2.16. The second kappa shape index (κ2) is 9.57. The number of methoxy groups -OCH3 is 2. The van der Waals surface area contributed by atoms with Crippen molar-refractivity contribution in [2.75, 3.05) is 20.8 Å². The molecule has 0 aliphatic rings. The number of nitrogens with zero attached hydrogens (tertiary/aromatic N) is 2. The van der Waals surface area contributed by atoms with Crippen LogP contribution in [0.4, 0.5) is 13.2 Å². The lowest BCUT2D eigenvalue weighted by Gasteiger charge is -2.13. The van der Waals surface area contributed by atoms with E-state index in [1.165, 1.54) is 12.3 Å². The van der Waals surface area contributed by atoms with E-state index in [2.05, 4.69) is 9.97 Å². The van der Waals surface area contributed by atoms with E-state index in [1.54, 1.807) is 7.11 Å². The summed E-state index contributed by atoms with van der Waals surface area (Å²) in [4.78, 5) is 19.9. The van der Waals surface area contributed by atoms with Crippen LogP contribution in [0, 0.1) is 17.5 Å². The average Bonchev–Trinajstić information content (AvgIpc) is 2.73. The molecule has 0 aliphatic carbocycles. The summed E-state index contributed by atoms with van der Waals surface area (Å²) in [6, 6.07) is 5.57. The maximum Gasteiger partial charge on any atom is 0.338 e. The third-order valence-corrected chi connectivity index (χ3v) is 4.55. The summed E-state index contributed by atoms with van der Waals surface area (Å²) >= 11 is 0. The highest BCUT2D eigenvalue weighted by Gasteiger charge is 2.19. The van der Waals surface area contributed by atoms with Gasteiger partial charge in [0, 0.05) is 31.0 Å². The lowest BCUT2D eigenvalue weighted by Crippen LogP contribution is -2.04. The van der Waals surface area contributed by atoms with Crippen molar-refractivity contribution >= 4 is 5.97 Å². The van der Waals surface area contributed by atoms with Crippen molar-refractivity contribution in [1.82, 2.24) is 9.97 Å². The van der Waals surface area contributed by atoms with Gasteiger partial charge in [-0.05, 0) is 37.1 Å². The largest absolute Gasteiger partial charge is 0.491 e. The lowest BCUT2D eigenvalue weighted by molar-refractivity contribution is 0.0692. The van der Waals surface area contributed by atoms with Gasteiger partial charge in [-0.2, -0.15) is 0 Å². The minimum atomic E-state index is -1.41. The molecular weight excluding hydrogens is 413 g/mol. The van der Waals surface area contributed by atoms with Gasteiger partial charge in [-0.1, -0.05) is 6.07 Å². The molecule has 0 fully saturated rings. The van der Waals surface area contributed by atoms with Crippen LogP contribution in [0.15, 0.2) is 36.5 Å². The van der Waals surface area contributed by atoms with Gasteiger partial charge in [0.05, 0.1) is 29.8 Å². The summed E-state index contributed by atoms with van der Waals surface area (Å²) in [7, 11) is 2.72. The van der Waals surface area contributed by atoms with Gasteiger partial charge in [0.25, 0.3) is 0 Å². The smallest absolute Gasteiger partial charge is 0.338 e. The van der Waals surface area contributed by atoms with E-state index in [4.69, 9.17) is 14.6 Å². The minimum absolute atomic E-state index is 0.0736. The molecule has 0 atom stereocenters. The Hall–Kier alpha value is -3.46. The van der Waals surface area contributed by atoms with E-state index in [0.29, 0.717) is 25.1 Å². The van der Waals surface area contributed by atoms with Crippen LogP contribution in [0.1, 0.15) is 22.5 Å². The molecule has 162 valence electrons. The highest BCUT2D eigenvalue weighted by molar-refractivity contribution is 5.89. The average molecular weight is 432 g/mol. The van der Waals surface area contributed by atoms with Crippen molar-refractivity contribution < 1.29 is 32.5 Å².